The predicted molar refractivity (Wildman–Crippen MR) is 87.1 cm³/mol. The van der Waals surface area contributed by atoms with Crippen molar-refractivity contribution >= 4 is 5.91 Å². The Balaban J connectivity index is 1.58. The predicted octanol–water partition coefficient (Wildman–Crippen LogP) is 3.96. The Morgan fingerprint density at radius 3 is 2.46 bits per heavy atom. The van der Waals surface area contributed by atoms with Crippen molar-refractivity contribution in [3.8, 4) is 5.75 Å². The third-order valence-electron chi connectivity index (χ3n) is 4.30. The number of carbonyl (C=O) groups excluding carboxylic acids is 1. The van der Waals surface area contributed by atoms with Gasteiger partial charge in [-0.15, -0.1) is 0 Å². The molecule has 126 valence electrons. The van der Waals surface area contributed by atoms with Crippen LogP contribution in [0.25, 0.3) is 0 Å². The summed E-state index contributed by atoms with van der Waals surface area (Å²) in [5.74, 6) is -1.46. The summed E-state index contributed by atoms with van der Waals surface area (Å²) in [5.41, 5.74) is 1.68. The fourth-order valence-electron chi connectivity index (χ4n) is 2.90. The molecule has 1 fully saturated rings. The van der Waals surface area contributed by atoms with Crippen molar-refractivity contribution in [1.82, 2.24) is 4.90 Å². The molecule has 1 aliphatic heterocycles. The first-order valence-corrected chi connectivity index (χ1v) is 8.01. The van der Waals surface area contributed by atoms with Gasteiger partial charge in [0.2, 0.25) is 0 Å². The standard InChI is InChI=1S/C19H19F2NO2/c1-13-4-2-3-5-16(13)19(23)22-10-8-14(9-11-22)24-15-6-7-17(20)18(21)12-15/h2-7,12,14H,8-11H2,1H3. The van der Waals surface area contributed by atoms with E-state index in [2.05, 4.69) is 0 Å². The quantitative estimate of drug-likeness (QED) is 0.852. The minimum Gasteiger partial charge on any atom is -0.490 e. The van der Waals surface area contributed by atoms with Crippen molar-refractivity contribution in [2.24, 2.45) is 0 Å². The van der Waals surface area contributed by atoms with Crippen molar-refractivity contribution < 1.29 is 18.3 Å². The molecule has 0 spiro atoms. The molecule has 2 aromatic carbocycles. The van der Waals surface area contributed by atoms with E-state index in [1.165, 1.54) is 6.07 Å². The van der Waals surface area contributed by atoms with E-state index in [0.29, 0.717) is 31.7 Å². The third-order valence-corrected chi connectivity index (χ3v) is 4.30. The van der Waals surface area contributed by atoms with Gasteiger partial charge in [-0.3, -0.25) is 4.79 Å². The van der Waals surface area contributed by atoms with Crippen molar-refractivity contribution in [3.63, 3.8) is 0 Å². The monoisotopic (exact) mass is 331 g/mol. The molecule has 0 unspecified atom stereocenters. The van der Waals surface area contributed by atoms with Crippen molar-refractivity contribution in [1.29, 1.82) is 0 Å². The number of nitrogens with zero attached hydrogens (tertiary/aromatic N) is 1. The SMILES string of the molecule is Cc1ccccc1C(=O)N1CCC(Oc2ccc(F)c(F)c2)CC1. The smallest absolute Gasteiger partial charge is 0.254 e. The molecule has 0 aliphatic carbocycles. The first-order chi connectivity index (χ1) is 11.5. The molecule has 0 radical (unpaired) electrons. The zero-order valence-electron chi connectivity index (χ0n) is 13.5. The first kappa shape index (κ1) is 16.4. The largest absolute Gasteiger partial charge is 0.490 e. The molecular formula is C19H19F2NO2. The van der Waals surface area contributed by atoms with Crippen molar-refractivity contribution in [3.05, 3.63) is 65.2 Å². The number of halogens is 2. The molecule has 1 aliphatic rings. The number of hydrogen-bond acceptors (Lipinski definition) is 2. The lowest BCUT2D eigenvalue weighted by Crippen LogP contribution is -2.42. The Labute approximate surface area is 139 Å². The average Bonchev–Trinajstić information content (AvgIpc) is 2.59. The highest BCUT2D eigenvalue weighted by molar-refractivity contribution is 5.95. The van der Waals surface area contributed by atoms with Crippen LogP contribution in [-0.2, 0) is 0 Å². The summed E-state index contributed by atoms with van der Waals surface area (Å²) in [6, 6.07) is 11.1. The highest BCUT2D eigenvalue weighted by atomic mass is 19.2. The lowest BCUT2D eigenvalue weighted by molar-refractivity contribution is 0.0594. The van der Waals surface area contributed by atoms with E-state index in [-0.39, 0.29) is 12.0 Å². The molecule has 3 nitrogen and oxygen atoms in total. The van der Waals surface area contributed by atoms with Gasteiger partial charge in [0.25, 0.3) is 5.91 Å². The number of piperidine rings is 1. The zero-order valence-corrected chi connectivity index (χ0v) is 13.5. The molecular weight excluding hydrogens is 312 g/mol. The van der Waals surface area contributed by atoms with Crippen molar-refractivity contribution in [2.75, 3.05) is 13.1 Å². The Bertz CT molecular complexity index is 740. The molecule has 0 saturated carbocycles. The van der Waals surface area contributed by atoms with Crippen LogP contribution in [0.15, 0.2) is 42.5 Å². The van der Waals surface area contributed by atoms with Crippen LogP contribution in [0.1, 0.15) is 28.8 Å². The van der Waals surface area contributed by atoms with Crippen LogP contribution in [0, 0.1) is 18.6 Å². The van der Waals surface area contributed by atoms with E-state index < -0.39 is 11.6 Å². The number of rotatable bonds is 3. The molecule has 5 heteroatoms. The first-order valence-electron chi connectivity index (χ1n) is 8.01. The minimum absolute atomic E-state index is 0.0272. The third kappa shape index (κ3) is 3.55. The molecule has 1 saturated heterocycles. The number of benzene rings is 2. The van der Waals surface area contributed by atoms with Crippen LogP contribution in [0.4, 0.5) is 8.78 Å². The highest BCUT2D eigenvalue weighted by Gasteiger charge is 2.25. The van der Waals surface area contributed by atoms with Gasteiger partial charge in [0.05, 0.1) is 0 Å². The number of aryl methyl sites for hydroxylation is 1. The lowest BCUT2D eigenvalue weighted by Gasteiger charge is -2.32. The fourth-order valence-corrected chi connectivity index (χ4v) is 2.90. The summed E-state index contributed by atoms with van der Waals surface area (Å²) in [7, 11) is 0. The van der Waals surface area contributed by atoms with Crippen LogP contribution in [0.5, 0.6) is 5.75 Å². The zero-order chi connectivity index (χ0) is 17.1. The van der Waals surface area contributed by atoms with Gasteiger partial charge in [-0.2, -0.15) is 0 Å². The van der Waals surface area contributed by atoms with Crippen LogP contribution in [-0.4, -0.2) is 30.0 Å². The van der Waals surface area contributed by atoms with Gasteiger partial charge in [0.1, 0.15) is 11.9 Å². The topological polar surface area (TPSA) is 29.5 Å². The molecule has 0 aromatic heterocycles. The second kappa shape index (κ2) is 6.99. The lowest BCUT2D eigenvalue weighted by atomic mass is 10.0. The Morgan fingerprint density at radius 1 is 1.08 bits per heavy atom. The molecule has 1 heterocycles. The van der Waals surface area contributed by atoms with E-state index in [1.807, 2.05) is 36.1 Å². The van der Waals surface area contributed by atoms with Gasteiger partial charge < -0.3 is 9.64 Å². The van der Waals surface area contributed by atoms with Crippen LogP contribution in [0.3, 0.4) is 0 Å². The molecule has 3 rings (SSSR count). The summed E-state index contributed by atoms with van der Waals surface area (Å²) < 4.78 is 31.9. The number of carbonyl (C=O) groups is 1. The van der Waals surface area contributed by atoms with E-state index >= 15 is 0 Å². The number of amides is 1. The Kier molecular flexibility index (Phi) is 4.79. The average molecular weight is 331 g/mol. The number of hydrogen-bond donors (Lipinski definition) is 0. The van der Waals surface area contributed by atoms with Gasteiger partial charge in [-0.05, 0) is 30.7 Å². The molecule has 0 atom stereocenters. The van der Waals surface area contributed by atoms with Gasteiger partial charge in [0, 0.05) is 37.6 Å². The maximum atomic E-state index is 13.2. The molecule has 2 aromatic rings. The van der Waals surface area contributed by atoms with Gasteiger partial charge in [0.15, 0.2) is 11.6 Å². The molecule has 0 bridgehead atoms. The normalized spacial score (nSPS) is 15.4. The number of likely N-dealkylation sites (tertiary alicyclic amines) is 1. The van der Waals surface area contributed by atoms with Crippen LogP contribution >= 0.6 is 0 Å². The summed E-state index contributed by atoms with van der Waals surface area (Å²) >= 11 is 0. The maximum absolute atomic E-state index is 13.2. The second-order valence-corrected chi connectivity index (χ2v) is 6.00. The summed E-state index contributed by atoms with van der Waals surface area (Å²) in [6.45, 7) is 3.09. The number of ether oxygens (including phenoxy) is 1. The van der Waals surface area contributed by atoms with Gasteiger partial charge in [-0.25, -0.2) is 8.78 Å². The highest BCUT2D eigenvalue weighted by Crippen LogP contribution is 2.22. The van der Waals surface area contributed by atoms with Crippen LogP contribution in [0.2, 0.25) is 0 Å². The van der Waals surface area contributed by atoms with Crippen molar-refractivity contribution in [2.45, 2.75) is 25.9 Å². The fraction of sp³-hybridized carbons (Fsp3) is 0.316. The molecule has 0 N–H and O–H groups in total. The summed E-state index contributed by atoms with van der Waals surface area (Å²) in [6.07, 6.45) is 1.23. The Hall–Kier alpha value is -2.43. The van der Waals surface area contributed by atoms with Gasteiger partial charge in [-0.1, -0.05) is 18.2 Å². The van der Waals surface area contributed by atoms with E-state index in [1.54, 1.807) is 0 Å². The maximum Gasteiger partial charge on any atom is 0.254 e. The Morgan fingerprint density at radius 2 is 1.79 bits per heavy atom. The van der Waals surface area contributed by atoms with Gasteiger partial charge >= 0.3 is 0 Å². The second-order valence-electron chi connectivity index (χ2n) is 6.00. The summed E-state index contributed by atoms with van der Waals surface area (Å²) in [5, 5.41) is 0. The van der Waals surface area contributed by atoms with E-state index in [4.69, 9.17) is 4.74 Å². The summed E-state index contributed by atoms with van der Waals surface area (Å²) in [4.78, 5) is 14.4. The van der Waals surface area contributed by atoms with E-state index in [9.17, 15) is 13.6 Å². The molecule has 1 amide bonds. The molecule has 24 heavy (non-hydrogen) atoms. The van der Waals surface area contributed by atoms with E-state index in [0.717, 1.165) is 23.3 Å². The van der Waals surface area contributed by atoms with Crippen LogP contribution < -0.4 is 4.74 Å². The minimum atomic E-state index is -0.917.